The predicted molar refractivity (Wildman–Crippen MR) is 118 cm³/mol. The first kappa shape index (κ1) is 18.4. The van der Waals surface area contributed by atoms with Crippen LogP contribution in [0.15, 0.2) is 101 Å². The summed E-state index contributed by atoms with van der Waals surface area (Å²) in [5.74, 6) is 1.32. The lowest BCUT2D eigenvalue weighted by atomic mass is 10.2. The van der Waals surface area contributed by atoms with Crippen LogP contribution in [0.2, 0.25) is 0 Å². The Kier molecular flexibility index (Phi) is 5.58. The summed E-state index contributed by atoms with van der Waals surface area (Å²) in [6.07, 6.45) is 1.71. The van der Waals surface area contributed by atoms with E-state index in [0.717, 1.165) is 27.9 Å². The zero-order chi connectivity index (χ0) is 19.9. The van der Waals surface area contributed by atoms with Gasteiger partial charge in [-0.15, -0.1) is 0 Å². The van der Waals surface area contributed by atoms with Crippen molar-refractivity contribution < 1.29 is 4.74 Å². The SMILES string of the molecule is COc1ccccc1/C=N\NC(=Nc1ccccc1)c1ccc2ccccc2n1. The van der Waals surface area contributed by atoms with Crippen LogP contribution < -0.4 is 10.2 Å². The van der Waals surface area contributed by atoms with Crippen LogP contribution in [-0.4, -0.2) is 24.1 Å². The number of rotatable bonds is 5. The van der Waals surface area contributed by atoms with Gasteiger partial charge in [0.25, 0.3) is 0 Å². The maximum absolute atomic E-state index is 5.37. The van der Waals surface area contributed by atoms with Crippen LogP contribution in [0.25, 0.3) is 10.9 Å². The van der Waals surface area contributed by atoms with Crippen molar-refractivity contribution in [3.63, 3.8) is 0 Å². The molecule has 0 amide bonds. The van der Waals surface area contributed by atoms with Gasteiger partial charge in [0, 0.05) is 10.9 Å². The Balaban J connectivity index is 1.68. The highest BCUT2D eigenvalue weighted by Gasteiger charge is 2.07. The molecular weight excluding hydrogens is 360 g/mol. The summed E-state index contributed by atoms with van der Waals surface area (Å²) in [6, 6.07) is 29.4. The fraction of sp³-hybridized carbons (Fsp3) is 0.0417. The van der Waals surface area contributed by atoms with Crippen molar-refractivity contribution >= 4 is 28.6 Å². The van der Waals surface area contributed by atoms with Crippen LogP contribution in [0.4, 0.5) is 5.69 Å². The number of nitrogens with one attached hydrogen (secondary N) is 1. The molecule has 0 spiro atoms. The van der Waals surface area contributed by atoms with Gasteiger partial charge in [-0.1, -0.05) is 54.6 Å². The van der Waals surface area contributed by atoms with E-state index in [1.807, 2.05) is 91.0 Å². The third kappa shape index (κ3) is 4.47. The molecule has 1 aromatic heterocycles. The number of aromatic nitrogens is 1. The lowest BCUT2D eigenvalue weighted by Gasteiger charge is -2.08. The summed E-state index contributed by atoms with van der Waals surface area (Å²) in [6.45, 7) is 0. The topological polar surface area (TPSA) is 58.9 Å². The van der Waals surface area contributed by atoms with Crippen LogP contribution in [0.5, 0.6) is 5.75 Å². The van der Waals surface area contributed by atoms with E-state index in [1.165, 1.54) is 0 Å². The number of pyridine rings is 1. The summed E-state index contributed by atoms with van der Waals surface area (Å²) in [4.78, 5) is 9.45. The molecule has 0 fully saturated rings. The Bertz CT molecular complexity index is 1170. The molecule has 0 aliphatic rings. The standard InChI is InChI=1S/C24H20N4O/c1-29-23-14-8-6-10-19(23)17-25-28-24(26-20-11-3-2-4-12-20)22-16-15-18-9-5-7-13-21(18)27-22/h2-17H,1H3,(H,26,28)/b25-17-. The second-order valence-corrected chi connectivity index (χ2v) is 6.30. The van der Waals surface area contributed by atoms with Crippen molar-refractivity contribution in [3.05, 3.63) is 102 Å². The van der Waals surface area contributed by atoms with Gasteiger partial charge in [-0.25, -0.2) is 9.98 Å². The summed E-state index contributed by atoms with van der Waals surface area (Å²) >= 11 is 0. The maximum Gasteiger partial charge on any atom is 0.173 e. The molecule has 1 N–H and O–H groups in total. The first-order valence-corrected chi connectivity index (χ1v) is 9.25. The van der Waals surface area contributed by atoms with E-state index in [2.05, 4.69) is 10.5 Å². The molecule has 1 heterocycles. The van der Waals surface area contributed by atoms with Crippen molar-refractivity contribution in [1.29, 1.82) is 0 Å². The van der Waals surface area contributed by atoms with Crippen LogP contribution >= 0.6 is 0 Å². The Morgan fingerprint density at radius 2 is 1.62 bits per heavy atom. The van der Waals surface area contributed by atoms with Crippen LogP contribution in [0, 0.1) is 0 Å². The Labute approximate surface area is 169 Å². The van der Waals surface area contributed by atoms with Gasteiger partial charge in [0.2, 0.25) is 0 Å². The molecule has 142 valence electrons. The second-order valence-electron chi connectivity index (χ2n) is 6.30. The minimum atomic E-state index is 0.563. The molecule has 29 heavy (non-hydrogen) atoms. The molecule has 0 aliphatic carbocycles. The minimum absolute atomic E-state index is 0.563. The summed E-state index contributed by atoms with van der Waals surface area (Å²) < 4.78 is 5.37. The zero-order valence-corrected chi connectivity index (χ0v) is 16.0. The number of amidine groups is 1. The normalized spacial score (nSPS) is 11.7. The monoisotopic (exact) mass is 380 g/mol. The highest BCUT2D eigenvalue weighted by Crippen LogP contribution is 2.16. The molecular formula is C24H20N4O. The summed E-state index contributed by atoms with van der Waals surface area (Å²) in [5.41, 5.74) is 6.35. The van der Waals surface area contributed by atoms with Crippen molar-refractivity contribution in [2.45, 2.75) is 0 Å². The van der Waals surface area contributed by atoms with E-state index < -0.39 is 0 Å². The lowest BCUT2D eigenvalue weighted by molar-refractivity contribution is 0.414. The average molecular weight is 380 g/mol. The Hall–Kier alpha value is -3.99. The minimum Gasteiger partial charge on any atom is -0.496 e. The molecule has 0 saturated heterocycles. The number of aliphatic imine (C=N–C) groups is 1. The molecule has 3 aromatic carbocycles. The van der Waals surface area contributed by atoms with E-state index in [1.54, 1.807) is 13.3 Å². The number of benzene rings is 3. The first-order valence-electron chi connectivity index (χ1n) is 9.25. The van der Waals surface area contributed by atoms with Crippen LogP contribution in [0.3, 0.4) is 0 Å². The predicted octanol–water partition coefficient (Wildman–Crippen LogP) is 4.95. The molecule has 0 unspecified atom stereocenters. The summed E-state index contributed by atoms with van der Waals surface area (Å²) in [7, 11) is 1.64. The second kappa shape index (κ2) is 8.80. The lowest BCUT2D eigenvalue weighted by Crippen LogP contribution is -2.20. The highest BCUT2D eigenvalue weighted by molar-refractivity contribution is 6.00. The number of hydrogen-bond acceptors (Lipinski definition) is 4. The number of ether oxygens (including phenoxy) is 1. The number of nitrogens with zero attached hydrogens (tertiary/aromatic N) is 3. The molecule has 5 nitrogen and oxygen atoms in total. The number of hydrazone groups is 1. The molecule has 0 radical (unpaired) electrons. The molecule has 4 rings (SSSR count). The van der Waals surface area contributed by atoms with E-state index >= 15 is 0 Å². The van der Waals surface area contributed by atoms with Crippen molar-refractivity contribution in [2.75, 3.05) is 7.11 Å². The molecule has 0 saturated carbocycles. The van der Waals surface area contributed by atoms with Crippen LogP contribution in [0.1, 0.15) is 11.3 Å². The van der Waals surface area contributed by atoms with Crippen molar-refractivity contribution in [3.8, 4) is 5.75 Å². The fourth-order valence-corrected chi connectivity index (χ4v) is 2.91. The third-order valence-corrected chi connectivity index (χ3v) is 4.35. The van der Waals surface area contributed by atoms with E-state index in [4.69, 9.17) is 14.7 Å². The average Bonchev–Trinajstić information content (AvgIpc) is 2.79. The molecule has 0 bridgehead atoms. The Morgan fingerprint density at radius 3 is 2.48 bits per heavy atom. The summed E-state index contributed by atoms with van der Waals surface area (Å²) in [5, 5.41) is 5.45. The van der Waals surface area contributed by atoms with Gasteiger partial charge in [-0.2, -0.15) is 5.10 Å². The van der Waals surface area contributed by atoms with Gasteiger partial charge in [-0.3, -0.25) is 5.43 Å². The van der Waals surface area contributed by atoms with Gasteiger partial charge >= 0.3 is 0 Å². The fourth-order valence-electron chi connectivity index (χ4n) is 2.91. The van der Waals surface area contributed by atoms with Gasteiger partial charge in [0.1, 0.15) is 11.4 Å². The largest absolute Gasteiger partial charge is 0.496 e. The molecule has 0 atom stereocenters. The van der Waals surface area contributed by atoms with Crippen molar-refractivity contribution in [1.82, 2.24) is 10.4 Å². The van der Waals surface area contributed by atoms with Gasteiger partial charge in [-0.05, 0) is 36.4 Å². The number of methoxy groups -OCH3 is 1. The van der Waals surface area contributed by atoms with Gasteiger partial charge in [0.15, 0.2) is 5.84 Å². The number of fused-ring (bicyclic) bond motifs is 1. The maximum atomic E-state index is 5.37. The first-order chi connectivity index (χ1) is 14.3. The van der Waals surface area contributed by atoms with E-state index in [9.17, 15) is 0 Å². The molecule has 4 aromatic rings. The Morgan fingerprint density at radius 1 is 0.862 bits per heavy atom. The molecule has 5 heteroatoms. The van der Waals surface area contributed by atoms with Gasteiger partial charge < -0.3 is 4.74 Å². The number of hydrogen-bond donors (Lipinski definition) is 1. The van der Waals surface area contributed by atoms with E-state index in [0.29, 0.717) is 11.5 Å². The van der Waals surface area contributed by atoms with Crippen LogP contribution in [-0.2, 0) is 0 Å². The number of para-hydroxylation sites is 3. The smallest absolute Gasteiger partial charge is 0.173 e. The van der Waals surface area contributed by atoms with Crippen molar-refractivity contribution in [2.24, 2.45) is 10.1 Å². The van der Waals surface area contributed by atoms with Gasteiger partial charge in [0.05, 0.1) is 24.5 Å². The molecule has 0 aliphatic heterocycles. The quantitative estimate of drug-likeness (QED) is 0.303. The highest BCUT2D eigenvalue weighted by atomic mass is 16.5. The van der Waals surface area contributed by atoms with E-state index in [-0.39, 0.29) is 0 Å². The third-order valence-electron chi connectivity index (χ3n) is 4.35. The zero-order valence-electron chi connectivity index (χ0n) is 16.0.